The van der Waals surface area contributed by atoms with E-state index in [0.29, 0.717) is 22.1 Å². The van der Waals surface area contributed by atoms with Crippen LogP contribution in [0, 0.1) is 0 Å². The third-order valence-corrected chi connectivity index (χ3v) is 4.38. The largest absolute Gasteiger partial charge is 0.508 e. The van der Waals surface area contributed by atoms with Crippen molar-refractivity contribution in [3.8, 4) is 11.5 Å². The lowest BCUT2D eigenvalue weighted by Crippen LogP contribution is -2.10. The van der Waals surface area contributed by atoms with Crippen molar-refractivity contribution in [2.45, 2.75) is 10.9 Å². The lowest BCUT2D eigenvalue weighted by atomic mass is 10.1. The first kappa shape index (κ1) is 16.8. The summed E-state index contributed by atoms with van der Waals surface area (Å²) in [5.74, 6) is 6.08. The molecule has 0 saturated carbocycles. The Bertz CT molecular complexity index is 901. The van der Waals surface area contributed by atoms with Crippen LogP contribution in [0.5, 0.6) is 11.5 Å². The molecule has 0 fully saturated rings. The number of aromatic hydroxyl groups is 2. The van der Waals surface area contributed by atoms with Gasteiger partial charge in [0.2, 0.25) is 0 Å². The van der Waals surface area contributed by atoms with E-state index < -0.39 is 0 Å². The summed E-state index contributed by atoms with van der Waals surface area (Å²) in [4.78, 5) is 8.72. The van der Waals surface area contributed by atoms with Crippen molar-refractivity contribution in [2.24, 2.45) is 10.9 Å². The molecule has 6 nitrogen and oxygen atoms in total. The highest BCUT2D eigenvalue weighted by atomic mass is 32.2. The quantitative estimate of drug-likeness (QED) is 0.214. The van der Waals surface area contributed by atoms with Gasteiger partial charge in [-0.05, 0) is 23.8 Å². The Hall–Kier alpha value is -3.06. The number of nitrogens with zero attached hydrogens (tertiary/aromatic N) is 3. The molecule has 126 valence electrons. The van der Waals surface area contributed by atoms with Crippen LogP contribution in [0.15, 0.2) is 71.1 Å². The Kier molecular flexibility index (Phi) is 5.15. The highest BCUT2D eigenvalue weighted by Gasteiger charge is 2.14. The molecule has 3 aromatic rings. The van der Waals surface area contributed by atoms with Crippen LogP contribution in [0.25, 0.3) is 0 Å². The van der Waals surface area contributed by atoms with E-state index >= 15 is 0 Å². The van der Waals surface area contributed by atoms with E-state index in [4.69, 9.17) is 5.84 Å². The van der Waals surface area contributed by atoms with Crippen LogP contribution >= 0.6 is 11.8 Å². The van der Waals surface area contributed by atoms with Crippen LogP contribution in [0.3, 0.4) is 0 Å². The summed E-state index contributed by atoms with van der Waals surface area (Å²) in [6.45, 7) is 0. The molecule has 0 aliphatic carbocycles. The van der Waals surface area contributed by atoms with Gasteiger partial charge < -0.3 is 16.1 Å². The summed E-state index contributed by atoms with van der Waals surface area (Å²) in [7, 11) is 0. The van der Waals surface area contributed by atoms with Gasteiger partial charge in [0.05, 0.1) is 5.69 Å². The van der Waals surface area contributed by atoms with Gasteiger partial charge in [0, 0.05) is 23.6 Å². The normalized spacial score (nSPS) is 11.4. The Morgan fingerprint density at radius 2 is 1.88 bits per heavy atom. The third-order valence-electron chi connectivity index (χ3n) is 3.45. The summed E-state index contributed by atoms with van der Waals surface area (Å²) in [6, 6.07) is 15.9. The number of benzene rings is 2. The van der Waals surface area contributed by atoms with Crippen molar-refractivity contribution in [3.63, 3.8) is 0 Å². The highest BCUT2D eigenvalue weighted by molar-refractivity contribution is 7.98. The maximum Gasteiger partial charge on any atom is 0.188 e. The molecule has 7 heteroatoms. The van der Waals surface area contributed by atoms with Gasteiger partial charge in [-0.25, -0.2) is 9.97 Å². The first-order valence-electron chi connectivity index (χ1n) is 7.48. The van der Waals surface area contributed by atoms with E-state index in [9.17, 15) is 10.2 Å². The average molecular weight is 352 g/mol. The molecule has 0 aliphatic rings. The fourth-order valence-corrected chi connectivity index (χ4v) is 3.04. The number of rotatable bonds is 5. The molecule has 0 unspecified atom stereocenters. The van der Waals surface area contributed by atoms with Crippen molar-refractivity contribution >= 4 is 17.5 Å². The summed E-state index contributed by atoms with van der Waals surface area (Å²) in [5, 5.41) is 23.8. The fraction of sp³-hybridized carbons (Fsp3) is 0.0556. The molecule has 0 atom stereocenters. The minimum atomic E-state index is -0.124. The lowest BCUT2D eigenvalue weighted by molar-refractivity contribution is 0.450. The second kappa shape index (κ2) is 7.67. The number of hydrazone groups is 1. The highest BCUT2D eigenvalue weighted by Crippen LogP contribution is 2.26. The van der Waals surface area contributed by atoms with Gasteiger partial charge >= 0.3 is 0 Å². The Morgan fingerprint density at radius 3 is 2.60 bits per heavy atom. The standard InChI is InChI=1S/C18H16N4O2S/c19-22-17(14-7-6-13(23)10-16(14)24)15-8-9-20-18(21-15)25-11-12-4-2-1-3-5-12/h1-10,23-24H,11,19H2/b22-17+. The van der Waals surface area contributed by atoms with Crippen LogP contribution in [-0.2, 0) is 5.75 Å². The maximum absolute atomic E-state index is 10.0. The summed E-state index contributed by atoms with van der Waals surface area (Å²) >= 11 is 1.50. The number of phenolic OH excluding ortho intramolecular Hbond substituents is 2. The van der Waals surface area contributed by atoms with E-state index in [1.54, 1.807) is 12.3 Å². The molecule has 0 spiro atoms. The molecular formula is C18H16N4O2S. The number of aromatic nitrogens is 2. The number of hydrogen-bond acceptors (Lipinski definition) is 7. The molecule has 0 aliphatic heterocycles. The van der Waals surface area contributed by atoms with E-state index in [1.165, 1.54) is 35.5 Å². The van der Waals surface area contributed by atoms with Crippen molar-refractivity contribution in [1.82, 2.24) is 9.97 Å². The molecule has 4 N–H and O–H groups in total. The molecule has 0 saturated heterocycles. The Morgan fingerprint density at radius 1 is 1.08 bits per heavy atom. The Balaban J connectivity index is 1.84. The van der Waals surface area contributed by atoms with Crippen molar-refractivity contribution < 1.29 is 10.2 Å². The molecule has 1 aromatic heterocycles. The minimum absolute atomic E-state index is 0.0422. The van der Waals surface area contributed by atoms with E-state index in [0.717, 1.165) is 5.75 Å². The van der Waals surface area contributed by atoms with Crippen molar-refractivity contribution in [3.05, 3.63) is 77.6 Å². The molecule has 0 radical (unpaired) electrons. The Labute approximate surface area is 149 Å². The summed E-state index contributed by atoms with van der Waals surface area (Å²) in [5.41, 5.74) is 2.37. The van der Waals surface area contributed by atoms with Crippen LogP contribution in [0.2, 0.25) is 0 Å². The van der Waals surface area contributed by atoms with Gasteiger partial charge in [0.15, 0.2) is 5.16 Å². The predicted molar refractivity (Wildman–Crippen MR) is 97.6 cm³/mol. The third kappa shape index (κ3) is 4.07. The van der Waals surface area contributed by atoms with Gasteiger partial charge in [-0.1, -0.05) is 42.1 Å². The summed E-state index contributed by atoms with van der Waals surface area (Å²) < 4.78 is 0. The molecule has 1 heterocycles. The van der Waals surface area contributed by atoms with Gasteiger partial charge in [0.1, 0.15) is 17.2 Å². The zero-order chi connectivity index (χ0) is 17.6. The molecule has 0 amide bonds. The molecular weight excluding hydrogens is 336 g/mol. The fourth-order valence-electron chi connectivity index (χ4n) is 2.26. The number of hydrogen-bond donors (Lipinski definition) is 3. The van der Waals surface area contributed by atoms with Gasteiger partial charge in [-0.15, -0.1) is 0 Å². The lowest BCUT2D eigenvalue weighted by Gasteiger charge is -2.08. The van der Waals surface area contributed by atoms with Crippen LogP contribution in [0.4, 0.5) is 0 Å². The number of phenols is 2. The smallest absolute Gasteiger partial charge is 0.188 e. The number of nitrogens with two attached hydrogens (primary N) is 1. The minimum Gasteiger partial charge on any atom is -0.508 e. The molecule has 0 bridgehead atoms. The van der Waals surface area contributed by atoms with Crippen LogP contribution < -0.4 is 5.84 Å². The first-order valence-corrected chi connectivity index (χ1v) is 8.46. The zero-order valence-corrected chi connectivity index (χ0v) is 14.0. The zero-order valence-electron chi connectivity index (χ0n) is 13.2. The van der Waals surface area contributed by atoms with E-state index in [1.807, 2.05) is 30.3 Å². The van der Waals surface area contributed by atoms with Crippen molar-refractivity contribution in [1.29, 1.82) is 0 Å². The van der Waals surface area contributed by atoms with Gasteiger partial charge in [-0.3, -0.25) is 0 Å². The van der Waals surface area contributed by atoms with Gasteiger partial charge in [-0.2, -0.15) is 5.10 Å². The predicted octanol–water partition coefficient (Wildman–Crippen LogP) is 2.89. The molecule has 2 aromatic carbocycles. The second-order valence-corrected chi connectivity index (χ2v) is 6.12. The summed E-state index contributed by atoms with van der Waals surface area (Å²) in [6.07, 6.45) is 1.62. The molecule has 25 heavy (non-hydrogen) atoms. The number of thioether (sulfide) groups is 1. The maximum atomic E-state index is 10.0. The van der Waals surface area contributed by atoms with Gasteiger partial charge in [0.25, 0.3) is 0 Å². The van der Waals surface area contributed by atoms with E-state index in [-0.39, 0.29) is 11.5 Å². The van der Waals surface area contributed by atoms with Crippen LogP contribution in [-0.4, -0.2) is 25.9 Å². The average Bonchev–Trinajstić information content (AvgIpc) is 2.64. The van der Waals surface area contributed by atoms with E-state index in [2.05, 4.69) is 15.1 Å². The second-order valence-electron chi connectivity index (χ2n) is 5.18. The van der Waals surface area contributed by atoms with Crippen LogP contribution in [0.1, 0.15) is 16.8 Å². The first-order chi connectivity index (χ1) is 12.2. The SMILES string of the molecule is N/N=C(/c1ccnc(SCc2ccccc2)n1)c1ccc(O)cc1O. The van der Waals surface area contributed by atoms with Crippen molar-refractivity contribution in [2.75, 3.05) is 0 Å². The molecule has 3 rings (SSSR count). The monoisotopic (exact) mass is 352 g/mol. The topological polar surface area (TPSA) is 105 Å².